The Morgan fingerprint density at radius 1 is 1.19 bits per heavy atom. The average molecular weight is 375 g/mol. The van der Waals surface area contributed by atoms with Gasteiger partial charge in [-0.2, -0.15) is 0 Å². The summed E-state index contributed by atoms with van der Waals surface area (Å²) in [5, 5.41) is 0. The summed E-state index contributed by atoms with van der Waals surface area (Å²) in [6.45, 7) is 5.22. The molecule has 1 saturated carbocycles. The van der Waals surface area contributed by atoms with Crippen molar-refractivity contribution in [2.45, 2.75) is 38.6 Å². The van der Waals surface area contributed by atoms with Gasteiger partial charge in [-0.05, 0) is 43.9 Å². The molecule has 5 nitrogen and oxygen atoms in total. The van der Waals surface area contributed by atoms with Crippen molar-refractivity contribution >= 4 is 11.8 Å². The zero-order valence-corrected chi connectivity index (χ0v) is 16.4. The van der Waals surface area contributed by atoms with Crippen molar-refractivity contribution in [1.82, 2.24) is 14.7 Å². The molecule has 0 N–H and O–H groups in total. The van der Waals surface area contributed by atoms with Crippen LogP contribution in [0.5, 0.6) is 0 Å². The van der Waals surface area contributed by atoms with Crippen LogP contribution in [0.15, 0.2) is 24.3 Å². The Labute approximate surface area is 161 Å². The number of benzene rings is 1. The number of piperazine rings is 1. The number of nitrogens with zero attached hydrogens (tertiary/aromatic N) is 3. The molecule has 27 heavy (non-hydrogen) atoms. The fourth-order valence-corrected chi connectivity index (χ4v) is 4.32. The van der Waals surface area contributed by atoms with E-state index in [1.54, 1.807) is 17.0 Å². The highest BCUT2D eigenvalue weighted by Gasteiger charge is 2.38. The van der Waals surface area contributed by atoms with E-state index in [1.807, 2.05) is 18.9 Å². The molecule has 1 heterocycles. The minimum Gasteiger partial charge on any atom is -0.345 e. The van der Waals surface area contributed by atoms with Crippen LogP contribution in [-0.4, -0.2) is 72.3 Å². The summed E-state index contributed by atoms with van der Waals surface area (Å²) in [5.74, 6) is 0.0869. The van der Waals surface area contributed by atoms with Gasteiger partial charge < -0.3 is 9.80 Å². The molecule has 2 amide bonds. The Balaban J connectivity index is 1.66. The van der Waals surface area contributed by atoms with Gasteiger partial charge in [0.2, 0.25) is 5.91 Å². The Hall–Kier alpha value is -1.95. The highest BCUT2D eigenvalue weighted by molar-refractivity contribution is 5.94. The van der Waals surface area contributed by atoms with E-state index in [0.29, 0.717) is 44.2 Å². The Morgan fingerprint density at radius 3 is 2.44 bits per heavy atom. The molecule has 1 aromatic rings. The Kier molecular flexibility index (Phi) is 6.47. The fourth-order valence-electron chi connectivity index (χ4n) is 4.32. The van der Waals surface area contributed by atoms with Crippen molar-refractivity contribution < 1.29 is 14.0 Å². The average Bonchev–Trinajstić information content (AvgIpc) is 3.21. The molecule has 1 saturated heterocycles. The number of halogens is 1. The summed E-state index contributed by atoms with van der Waals surface area (Å²) >= 11 is 0. The maximum absolute atomic E-state index is 13.4. The highest BCUT2D eigenvalue weighted by atomic mass is 19.1. The summed E-state index contributed by atoms with van der Waals surface area (Å²) in [4.78, 5) is 31.5. The SMILES string of the molecule is CCN(C)C(=O)C(C1CCCC1)N1CCN(C(=O)c2cccc(F)c2)CC1. The summed E-state index contributed by atoms with van der Waals surface area (Å²) in [7, 11) is 1.87. The maximum atomic E-state index is 13.4. The van der Waals surface area contributed by atoms with Gasteiger partial charge in [-0.3, -0.25) is 14.5 Å². The highest BCUT2D eigenvalue weighted by Crippen LogP contribution is 2.32. The lowest BCUT2D eigenvalue weighted by atomic mass is 9.94. The molecule has 2 fully saturated rings. The van der Waals surface area contributed by atoms with E-state index >= 15 is 0 Å². The summed E-state index contributed by atoms with van der Waals surface area (Å²) in [6, 6.07) is 5.77. The summed E-state index contributed by atoms with van der Waals surface area (Å²) in [5.41, 5.74) is 0.387. The molecule has 0 bridgehead atoms. The second-order valence-electron chi connectivity index (χ2n) is 7.68. The van der Waals surface area contributed by atoms with Crippen molar-refractivity contribution in [2.24, 2.45) is 5.92 Å². The second kappa shape index (κ2) is 8.83. The van der Waals surface area contributed by atoms with Crippen molar-refractivity contribution in [1.29, 1.82) is 0 Å². The van der Waals surface area contributed by atoms with Crippen LogP contribution in [0.1, 0.15) is 43.0 Å². The van der Waals surface area contributed by atoms with Crippen molar-refractivity contribution in [2.75, 3.05) is 39.8 Å². The number of rotatable bonds is 5. The largest absolute Gasteiger partial charge is 0.345 e. The van der Waals surface area contributed by atoms with Gasteiger partial charge in [-0.15, -0.1) is 0 Å². The molecule has 1 unspecified atom stereocenters. The lowest BCUT2D eigenvalue weighted by Crippen LogP contribution is -2.58. The van der Waals surface area contributed by atoms with Gasteiger partial charge in [-0.25, -0.2) is 4.39 Å². The van der Waals surface area contributed by atoms with Crippen LogP contribution in [0.4, 0.5) is 4.39 Å². The first kappa shape index (κ1) is 19.8. The van der Waals surface area contributed by atoms with E-state index < -0.39 is 5.82 Å². The smallest absolute Gasteiger partial charge is 0.254 e. The third kappa shape index (κ3) is 4.49. The monoisotopic (exact) mass is 375 g/mol. The molecular formula is C21H30FN3O2. The zero-order valence-electron chi connectivity index (χ0n) is 16.4. The molecule has 0 radical (unpaired) electrons. The summed E-state index contributed by atoms with van der Waals surface area (Å²) in [6.07, 6.45) is 4.61. The second-order valence-corrected chi connectivity index (χ2v) is 7.68. The molecule has 0 aromatic heterocycles. The molecule has 1 aliphatic carbocycles. The number of carbonyl (C=O) groups is 2. The van der Waals surface area contributed by atoms with Gasteiger partial charge in [0.05, 0.1) is 6.04 Å². The van der Waals surface area contributed by atoms with Crippen LogP contribution in [0.3, 0.4) is 0 Å². The standard InChI is InChI=1S/C21H30FN3O2/c1-3-23(2)21(27)19(16-7-4-5-8-16)24-11-13-25(14-12-24)20(26)17-9-6-10-18(22)15-17/h6,9-10,15-16,19H,3-5,7-8,11-14H2,1-2H3. The van der Waals surface area contributed by atoms with Gasteiger partial charge in [-0.1, -0.05) is 18.9 Å². The molecular weight excluding hydrogens is 345 g/mol. The zero-order chi connectivity index (χ0) is 19.4. The molecule has 2 aliphatic rings. The van der Waals surface area contributed by atoms with E-state index in [9.17, 15) is 14.0 Å². The molecule has 6 heteroatoms. The number of hydrogen-bond acceptors (Lipinski definition) is 3. The van der Waals surface area contributed by atoms with Crippen LogP contribution < -0.4 is 0 Å². The summed E-state index contributed by atoms with van der Waals surface area (Å²) < 4.78 is 13.4. The van der Waals surface area contributed by atoms with Crippen molar-refractivity contribution in [3.05, 3.63) is 35.6 Å². The third-order valence-corrected chi connectivity index (χ3v) is 6.02. The quantitative estimate of drug-likeness (QED) is 0.795. The van der Waals surface area contributed by atoms with Gasteiger partial charge in [0.1, 0.15) is 5.82 Å². The molecule has 3 rings (SSSR count). The maximum Gasteiger partial charge on any atom is 0.254 e. The van der Waals surface area contributed by atoms with Crippen LogP contribution in [-0.2, 0) is 4.79 Å². The molecule has 0 spiro atoms. The number of likely N-dealkylation sites (N-methyl/N-ethyl adjacent to an activating group) is 1. The van der Waals surface area contributed by atoms with Crippen molar-refractivity contribution in [3.8, 4) is 0 Å². The van der Waals surface area contributed by atoms with Crippen LogP contribution >= 0.6 is 0 Å². The van der Waals surface area contributed by atoms with Crippen LogP contribution in [0.2, 0.25) is 0 Å². The predicted molar refractivity (Wildman–Crippen MR) is 103 cm³/mol. The Morgan fingerprint density at radius 2 is 1.85 bits per heavy atom. The molecule has 1 aliphatic heterocycles. The van der Waals surface area contributed by atoms with Crippen molar-refractivity contribution in [3.63, 3.8) is 0 Å². The normalized spacial score (nSPS) is 19.9. The predicted octanol–water partition coefficient (Wildman–Crippen LogP) is 2.62. The lowest BCUT2D eigenvalue weighted by Gasteiger charge is -2.42. The van der Waals surface area contributed by atoms with E-state index in [4.69, 9.17) is 0 Å². The van der Waals surface area contributed by atoms with E-state index in [0.717, 1.165) is 12.8 Å². The molecule has 1 atom stereocenters. The first-order valence-corrected chi connectivity index (χ1v) is 10.0. The van der Waals surface area contributed by atoms with Gasteiger partial charge in [0.15, 0.2) is 0 Å². The van der Waals surface area contributed by atoms with E-state index in [2.05, 4.69) is 4.90 Å². The third-order valence-electron chi connectivity index (χ3n) is 6.02. The minimum absolute atomic E-state index is 0.0797. The van der Waals surface area contributed by atoms with Gasteiger partial charge in [0.25, 0.3) is 5.91 Å². The molecule has 148 valence electrons. The minimum atomic E-state index is -0.394. The number of carbonyl (C=O) groups excluding carboxylic acids is 2. The topological polar surface area (TPSA) is 43.9 Å². The first-order chi connectivity index (χ1) is 13.0. The lowest BCUT2D eigenvalue weighted by molar-refractivity contribution is -0.138. The number of amides is 2. The van der Waals surface area contributed by atoms with Gasteiger partial charge in [0, 0.05) is 45.3 Å². The van der Waals surface area contributed by atoms with Gasteiger partial charge >= 0.3 is 0 Å². The Bertz CT molecular complexity index is 667. The van der Waals surface area contributed by atoms with Crippen LogP contribution in [0.25, 0.3) is 0 Å². The van der Waals surface area contributed by atoms with Crippen LogP contribution in [0, 0.1) is 11.7 Å². The van der Waals surface area contributed by atoms with E-state index in [-0.39, 0.29) is 17.9 Å². The van der Waals surface area contributed by atoms with E-state index in [1.165, 1.54) is 25.0 Å². The first-order valence-electron chi connectivity index (χ1n) is 10.0. The molecule has 1 aromatic carbocycles. The number of hydrogen-bond donors (Lipinski definition) is 0. The fraction of sp³-hybridized carbons (Fsp3) is 0.619.